The summed E-state index contributed by atoms with van der Waals surface area (Å²) in [6.45, 7) is 3.35. The lowest BCUT2D eigenvalue weighted by molar-refractivity contribution is -0.132. The van der Waals surface area contributed by atoms with Crippen LogP contribution in [0.1, 0.15) is 47.4 Å². The second-order valence-electron chi connectivity index (χ2n) is 6.97. The number of amides is 2. The van der Waals surface area contributed by atoms with E-state index in [-0.39, 0.29) is 17.7 Å². The number of carbonyl (C=O) groups is 2. The van der Waals surface area contributed by atoms with Crippen LogP contribution in [0.25, 0.3) is 0 Å². The van der Waals surface area contributed by atoms with Crippen molar-refractivity contribution in [2.24, 2.45) is 5.92 Å². The number of nitrogens with zero attached hydrogens (tertiary/aromatic N) is 4. The first-order chi connectivity index (χ1) is 12.6. The second kappa shape index (κ2) is 6.90. The van der Waals surface area contributed by atoms with Crippen LogP contribution < -0.4 is 0 Å². The molecule has 4 rings (SSSR count). The van der Waals surface area contributed by atoms with Crippen LogP contribution in [0.3, 0.4) is 0 Å². The quantitative estimate of drug-likeness (QED) is 0.844. The molecule has 2 amide bonds. The van der Waals surface area contributed by atoms with E-state index in [1.165, 1.54) is 0 Å². The molecule has 136 valence electrons. The third-order valence-electron chi connectivity index (χ3n) is 4.94. The highest BCUT2D eigenvalue weighted by molar-refractivity contribution is 5.94. The number of benzene rings is 1. The minimum atomic E-state index is -0.422. The molecule has 2 aromatic rings. The van der Waals surface area contributed by atoms with Crippen molar-refractivity contribution in [3.05, 3.63) is 47.6 Å². The third-order valence-corrected chi connectivity index (χ3v) is 4.94. The van der Waals surface area contributed by atoms with E-state index in [9.17, 15) is 9.59 Å². The van der Waals surface area contributed by atoms with Crippen molar-refractivity contribution in [3.8, 4) is 0 Å². The maximum absolute atomic E-state index is 13.1. The zero-order valence-corrected chi connectivity index (χ0v) is 14.8. The largest absolute Gasteiger partial charge is 0.340 e. The van der Waals surface area contributed by atoms with Crippen molar-refractivity contribution in [1.82, 2.24) is 19.9 Å². The summed E-state index contributed by atoms with van der Waals surface area (Å²) in [6.07, 6.45) is 2.67. The van der Waals surface area contributed by atoms with E-state index in [1.54, 1.807) is 24.0 Å². The van der Waals surface area contributed by atoms with Crippen LogP contribution in [0.2, 0.25) is 0 Å². The van der Waals surface area contributed by atoms with Crippen LogP contribution in [0.4, 0.5) is 0 Å². The first-order valence-electron chi connectivity index (χ1n) is 9.08. The van der Waals surface area contributed by atoms with Gasteiger partial charge in [-0.25, -0.2) is 0 Å². The van der Waals surface area contributed by atoms with Gasteiger partial charge in [-0.1, -0.05) is 23.4 Å². The SMILES string of the molecule is Cc1noc(C2CN(C(=O)C3CC3)CCCN2C(=O)c2ccccc2)n1. The van der Waals surface area contributed by atoms with Crippen LogP contribution >= 0.6 is 0 Å². The number of aromatic nitrogens is 2. The van der Waals surface area contributed by atoms with E-state index in [2.05, 4.69) is 10.1 Å². The molecule has 1 saturated heterocycles. The Morgan fingerprint density at radius 3 is 2.58 bits per heavy atom. The summed E-state index contributed by atoms with van der Waals surface area (Å²) in [5, 5.41) is 3.88. The summed E-state index contributed by atoms with van der Waals surface area (Å²) in [7, 11) is 0. The normalized spacial score (nSPS) is 20.7. The first-order valence-corrected chi connectivity index (χ1v) is 9.08. The number of hydrogen-bond donors (Lipinski definition) is 0. The van der Waals surface area contributed by atoms with Crippen molar-refractivity contribution in [2.75, 3.05) is 19.6 Å². The maximum Gasteiger partial charge on any atom is 0.254 e. The second-order valence-corrected chi connectivity index (χ2v) is 6.97. The molecule has 0 bridgehead atoms. The van der Waals surface area contributed by atoms with Crippen molar-refractivity contribution in [2.45, 2.75) is 32.2 Å². The molecule has 1 saturated carbocycles. The zero-order valence-electron chi connectivity index (χ0n) is 14.8. The smallest absolute Gasteiger partial charge is 0.254 e. The Balaban J connectivity index is 1.64. The number of aryl methyl sites for hydroxylation is 1. The van der Waals surface area contributed by atoms with Crippen LogP contribution in [-0.2, 0) is 4.79 Å². The average molecular weight is 354 g/mol. The van der Waals surface area contributed by atoms with E-state index in [1.807, 2.05) is 23.1 Å². The highest BCUT2D eigenvalue weighted by atomic mass is 16.5. The van der Waals surface area contributed by atoms with Crippen LogP contribution in [0, 0.1) is 12.8 Å². The predicted molar refractivity (Wildman–Crippen MR) is 93.2 cm³/mol. The van der Waals surface area contributed by atoms with Crippen LogP contribution in [0.15, 0.2) is 34.9 Å². The van der Waals surface area contributed by atoms with Gasteiger partial charge in [0, 0.05) is 24.6 Å². The van der Waals surface area contributed by atoms with Gasteiger partial charge in [0.2, 0.25) is 5.91 Å². The Bertz CT molecular complexity index is 800. The van der Waals surface area contributed by atoms with Crippen molar-refractivity contribution < 1.29 is 14.1 Å². The summed E-state index contributed by atoms with van der Waals surface area (Å²) in [5.74, 6) is 1.17. The van der Waals surface area contributed by atoms with Gasteiger partial charge in [-0.2, -0.15) is 4.98 Å². The molecule has 2 heterocycles. The molecule has 1 aliphatic carbocycles. The Kier molecular flexibility index (Phi) is 4.44. The average Bonchev–Trinajstić information content (AvgIpc) is 3.46. The van der Waals surface area contributed by atoms with Crippen molar-refractivity contribution >= 4 is 11.8 Å². The van der Waals surface area contributed by atoms with E-state index in [0.29, 0.717) is 36.9 Å². The minimum Gasteiger partial charge on any atom is -0.340 e. The van der Waals surface area contributed by atoms with Gasteiger partial charge >= 0.3 is 0 Å². The summed E-state index contributed by atoms with van der Waals surface area (Å²) < 4.78 is 5.39. The van der Waals surface area contributed by atoms with Gasteiger partial charge in [0.05, 0.1) is 6.54 Å². The molecule has 1 aromatic carbocycles. The first kappa shape index (κ1) is 16.8. The molecule has 0 spiro atoms. The minimum absolute atomic E-state index is 0.0767. The summed E-state index contributed by atoms with van der Waals surface area (Å²) in [6, 6.07) is 8.76. The molecule has 1 aromatic heterocycles. The monoisotopic (exact) mass is 354 g/mol. The van der Waals surface area contributed by atoms with Crippen LogP contribution in [-0.4, -0.2) is 51.4 Å². The lowest BCUT2D eigenvalue weighted by Crippen LogP contribution is -2.40. The van der Waals surface area contributed by atoms with Gasteiger partial charge in [0.25, 0.3) is 11.8 Å². The van der Waals surface area contributed by atoms with Gasteiger partial charge in [0.1, 0.15) is 6.04 Å². The fourth-order valence-electron chi connectivity index (χ4n) is 3.42. The predicted octanol–water partition coefficient (Wildman–Crippen LogP) is 2.20. The van der Waals surface area contributed by atoms with Gasteiger partial charge in [0.15, 0.2) is 5.82 Å². The zero-order chi connectivity index (χ0) is 18.1. The molecule has 0 radical (unpaired) electrons. The molecule has 1 unspecified atom stereocenters. The Labute approximate surface area is 152 Å². The van der Waals surface area contributed by atoms with Crippen molar-refractivity contribution in [1.29, 1.82) is 0 Å². The van der Waals surface area contributed by atoms with Gasteiger partial charge in [-0.15, -0.1) is 0 Å². The van der Waals surface area contributed by atoms with E-state index in [0.717, 1.165) is 19.3 Å². The summed E-state index contributed by atoms with van der Waals surface area (Å²) in [4.78, 5) is 33.7. The van der Waals surface area contributed by atoms with Crippen LogP contribution in [0.5, 0.6) is 0 Å². The van der Waals surface area contributed by atoms with E-state index < -0.39 is 6.04 Å². The molecule has 1 aliphatic heterocycles. The topological polar surface area (TPSA) is 79.5 Å². The van der Waals surface area contributed by atoms with Gasteiger partial charge in [-0.05, 0) is 38.3 Å². The van der Waals surface area contributed by atoms with Crippen molar-refractivity contribution in [3.63, 3.8) is 0 Å². The Morgan fingerprint density at radius 2 is 1.92 bits per heavy atom. The number of carbonyl (C=O) groups excluding carboxylic acids is 2. The molecule has 2 fully saturated rings. The van der Waals surface area contributed by atoms with Gasteiger partial charge in [-0.3, -0.25) is 9.59 Å². The molecular formula is C19H22N4O3. The highest BCUT2D eigenvalue weighted by Crippen LogP contribution is 2.33. The molecule has 0 N–H and O–H groups in total. The molecular weight excluding hydrogens is 332 g/mol. The Hall–Kier alpha value is -2.70. The fourth-order valence-corrected chi connectivity index (χ4v) is 3.42. The molecule has 26 heavy (non-hydrogen) atoms. The summed E-state index contributed by atoms with van der Waals surface area (Å²) >= 11 is 0. The van der Waals surface area contributed by atoms with E-state index >= 15 is 0 Å². The molecule has 7 nitrogen and oxygen atoms in total. The third kappa shape index (κ3) is 3.34. The Morgan fingerprint density at radius 1 is 1.15 bits per heavy atom. The lowest BCUT2D eigenvalue weighted by atomic mass is 10.1. The lowest BCUT2D eigenvalue weighted by Gasteiger charge is -2.29. The molecule has 2 aliphatic rings. The number of hydrogen-bond acceptors (Lipinski definition) is 5. The number of rotatable bonds is 3. The standard InChI is InChI=1S/C19H22N4O3/c1-13-20-17(26-21-13)16-12-22(18(24)15-8-9-15)10-5-11-23(16)19(25)14-6-3-2-4-7-14/h2-4,6-7,15-16H,5,8-12H2,1H3. The molecule has 7 heteroatoms. The summed E-state index contributed by atoms with van der Waals surface area (Å²) in [5.41, 5.74) is 0.621. The van der Waals surface area contributed by atoms with E-state index in [4.69, 9.17) is 4.52 Å². The maximum atomic E-state index is 13.1. The molecule has 1 atom stereocenters. The highest BCUT2D eigenvalue weighted by Gasteiger charge is 2.39. The fraction of sp³-hybridized carbons (Fsp3) is 0.474. The van der Waals surface area contributed by atoms with Gasteiger partial charge < -0.3 is 14.3 Å².